The number of rotatable bonds is 8. The van der Waals surface area contributed by atoms with Gasteiger partial charge in [-0.2, -0.15) is 0 Å². The highest BCUT2D eigenvalue weighted by Crippen LogP contribution is 2.24. The summed E-state index contributed by atoms with van der Waals surface area (Å²) in [6, 6.07) is 7.78. The Kier molecular flexibility index (Phi) is 7.63. The zero-order valence-electron chi connectivity index (χ0n) is 12.7. The molecule has 0 saturated carbocycles. The molecule has 0 aromatic heterocycles. The second kappa shape index (κ2) is 8.98. The van der Waals surface area contributed by atoms with Gasteiger partial charge in [0.25, 0.3) is 0 Å². The van der Waals surface area contributed by atoms with E-state index in [1.165, 1.54) is 6.92 Å². The minimum absolute atomic E-state index is 0.0539. The molecule has 0 saturated heterocycles. The molecule has 0 aliphatic rings. The molecule has 1 amide bonds. The zero-order valence-corrected chi connectivity index (χ0v) is 13.4. The third-order valence-corrected chi connectivity index (χ3v) is 3.46. The molecule has 1 N–H and O–H groups in total. The molecular formula is C16H25ClN2O. The number of halogens is 1. The van der Waals surface area contributed by atoms with Crippen molar-refractivity contribution in [3.05, 3.63) is 29.8 Å². The number of hydrogen-bond acceptors (Lipinski definition) is 2. The Bertz CT molecular complexity index is 417. The summed E-state index contributed by atoms with van der Waals surface area (Å²) in [6.07, 6.45) is 2.27. The van der Waals surface area contributed by atoms with Gasteiger partial charge in [-0.15, -0.1) is 11.6 Å². The van der Waals surface area contributed by atoms with Gasteiger partial charge in [0.05, 0.1) is 5.38 Å². The van der Waals surface area contributed by atoms with Crippen LogP contribution < -0.4 is 5.32 Å². The average Bonchev–Trinajstić information content (AvgIpc) is 2.38. The maximum atomic E-state index is 11.1. The Hall–Kier alpha value is -1.06. The number of nitrogens with zero attached hydrogens (tertiary/aromatic N) is 1. The van der Waals surface area contributed by atoms with Gasteiger partial charge in [0.2, 0.25) is 5.91 Å². The minimum atomic E-state index is -0.0631. The molecule has 20 heavy (non-hydrogen) atoms. The molecule has 1 rings (SSSR count). The third-order valence-electron chi connectivity index (χ3n) is 3.07. The van der Waals surface area contributed by atoms with Crippen molar-refractivity contribution in [2.75, 3.05) is 25.0 Å². The molecule has 1 aromatic carbocycles. The molecular weight excluding hydrogens is 272 g/mol. The van der Waals surface area contributed by atoms with E-state index in [1.54, 1.807) is 0 Å². The standard InChI is InChI=1S/C16H25ClN2O/c1-4-9-19(10-5-2)12-16(17)14-7-6-8-15(11-14)18-13(3)20/h6-8,11,16H,4-5,9-10,12H2,1-3H3,(H,18,20). The van der Waals surface area contributed by atoms with Gasteiger partial charge in [-0.05, 0) is 43.6 Å². The SMILES string of the molecule is CCCN(CCC)CC(Cl)c1cccc(NC(C)=O)c1. The van der Waals surface area contributed by atoms with E-state index < -0.39 is 0 Å². The highest BCUT2D eigenvalue weighted by atomic mass is 35.5. The predicted molar refractivity (Wildman–Crippen MR) is 86.4 cm³/mol. The summed E-state index contributed by atoms with van der Waals surface area (Å²) in [7, 11) is 0. The molecule has 0 radical (unpaired) electrons. The summed E-state index contributed by atoms with van der Waals surface area (Å²) in [4.78, 5) is 13.5. The largest absolute Gasteiger partial charge is 0.326 e. The molecule has 0 aliphatic heterocycles. The van der Waals surface area contributed by atoms with Crippen LogP contribution in [0.5, 0.6) is 0 Å². The zero-order chi connectivity index (χ0) is 15.0. The Labute approximate surface area is 127 Å². The number of carbonyl (C=O) groups is 1. The normalized spacial score (nSPS) is 12.4. The minimum Gasteiger partial charge on any atom is -0.326 e. The summed E-state index contributed by atoms with van der Waals surface area (Å²) < 4.78 is 0. The van der Waals surface area contributed by atoms with Crippen LogP contribution >= 0.6 is 11.6 Å². The fourth-order valence-corrected chi connectivity index (χ4v) is 2.60. The first kappa shape index (κ1) is 17.0. The van der Waals surface area contributed by atoms with E-state index in [0.29, 0.717) is 0 Å². The van der Waals surface area contributed by atoms with Crippen LogP contribution in [0.4, 0.5) is 5.69 Å². The van der Waals surface area contributed by atoms with E-state index in [4.69, 9.17) is 11.6 Å². The third kappa shape index (κ3) is 5.93. The van der Waals surface area contributed by atoms with E-state index in [2.05, 4.69) is 24.1 Å². The number of hydrogen-bond donors (Lipinski definition) is 1. The van der Waals surface area contributed by atoms with Crippen molar-refractivity contribution in [1.82, 2.24) is 4.90 Å². The average molecular weight is 297 g/mol. The van der Waals surface area contributed by atoms with E-state index in [1.807, 2.05) is 24.3 Å². The van der Waals surface area contributed by atoms with Crippen molar-refractivity contribution in [2.45, 2.75) is 39.0 Å². The number of carbonyl (C=O) groups excluding carboxylic acids is 1. The maximum Gasteiger partial charge on any atom is 0.221 e. The quantitative estimate of drug-likeness (QED) is 0.734. The first-order valence-corrected chi connectivity index (χ1v) is 7.74. The van der Waals surface area contributed by atoms with Crippen LogP contribution in [0.1, 0.15) is 44.6 Å². The number of alkyl halides is 1. The van der Waals surface area contributed by atoms with Crippen LogP contribution in [-0.2, 0) is 4.79 Å². The van der Waals surface area contributed by atoms with Crippen LogP contribution in [0.3, 0.4) is 0 Å². The summed E-state index contributed by atoms with van der Waals surface area (Å²) in [5, 5.41) is 2.74. The van der Waals surface area contributed by atoms with E-state index in [0.717, 1.165) is 43.7 Å². The lowest BCUT2D eigenvalue weighted by Gasteiger charge is -2.24. The van der Waals surface area contributed by atoms with E-state index in [9.17, 15) is 4.79 Å². The lowest BCUT2D eigenvalue weighted by Crippen LogP contribution is -2.28. The van der Waals surface area contributed by atoms with Crippen LogP contribution in [0, 0.1) is 0 Å². The number of amides is 1. The molecule has 0 aliphatic carbocycles. The Morgan fingerprint density at radius 2 is 1.95 bits per heavy atom. The number of benzene rings is 1. The van der Waals surface area contributed by atoms with Crippen molar-refractivity contribution in [2.24, 2.45) is 0 Å². The van der Waals surface area contributed by atoms with Gasteiger partial charge < -0.3 is 10.2 Å². The molecule has 1 atom stereocenters. The summed E-state index contributed by atoms with van der Waals surface area (Å²) in [6.45, 7) is 8.86. The summed E-state index contributed by atoms with van der Waals surface area (Å²) in [5.41, 5.74) is 1.85. The molecule has 0 bridgehead atoms. The second-order valence-corrected chi connectivity index (χ2v) is 5.60. The van der Waals surface area contributed by atoms with Gasteiger partial charge in [0.15, 0.2) is 0 Å². The first-order chi connectivity index (χ1) is 9.56. The predicted octanol–water partition coefficient (Wildman–Crippen LogP) is 4.05. The van der Waals surface area contributed by atoms with Crippen LogP contribution in [0.25, 0.3) is 0 Å². The Balaban J connectivity index is 2.69. The Morgan fingerprint density at radius 1 is 1.30 bits per heavy atom. The first-order valence-electron chi connectivity index (χ1n) is 7.30. The second-order valence-electron chi connectivity index (χ2n) is 5.07. The van der Waals surface area contributed by atoms with Crippen LogP contribution in [0.2, 0.25) is 0 Å². The molecule has 1 aromatic rings. The highest BCUT2D eigenvalue weighted by Gasteiger charge is 2.13. The summed E-state index contributed by atoms with van der Waals surface area (Å²) >= 11 is 6.53. The van der Waals surface area contributed by atoms with E-state index in [-0.39, 0.29) is 11.3 Å². The molecule has 112 valence electrons. The molecule has 0 heterocycles. The molecule has 1 unspecified atom stereocenters. The Morgan fingerprint density at radius 3 is 2.50 bits per heavy atom. The van der Waals surface area contributed by atoms with Gasteiger partial charge in [-0.25, -0.2) is 0 Å². The van der Waals surface area contributed by atoms with Crippen molar-refractivity contribution in [3.63, 3.8) is 0 Å². The summed E-state index contributed by atoms with van der Waals surface area (Å²) in [5.74, 6) is -0.0631. The van der Waals surface area contributed by atoms with Gasteiger partial charge in [0, 0.05) is 19.2 Å². The van der Waals surface area contributed by atoms with E-state index >= 15 is 0 Å². The van der Waals surface area contributed by atoms with Gasteiger partial charge in [-0.3, -0.25) is 4.79 Å². The lowest BCUT2D eigenvalue weighted by molar-refractivity contribution is -0.114. The van der Waals surface area contributed by atoms with Crippen LogP contribution in [-0.4, -0.2) is 30.4 Å². The van der Waals surface area contributed by atoms with Crippen molar-refractivity contribution < 1.29 is 4.79 Å². The van der Waals surface area contributed by atoms with Crippen molar-refractivity contribution >= 4 is 23.2 Å². The van der Waals surface area contributed by atoms with Gasteiger partial charge in [0.1, 0.15) is 0 Å². The maximum absolute atomic E-state index is 11.1. The fraction of sp³-hybridized carbons (Fsp3) is 0.562. The van der Waals surface area contributed by atoms with Crippen molar-refractivity contribution in [1.29, 1.82) is 0 Å². The highest BCUT2D eigenvalue weighted by molar-refractivity contribution is 6.21. The lowest BCUT2D eigenvalue weighted by atomic mass is 10.1. The molecule has 3 nitrogen and oxygen atoms in total. The fourth-order valence-electron chi connectivity index (χ4n) is 2.27. The number of anilines is 1. The van der Waals surface area contributed by atoms with Crippen molar-refractivity contribution in [3.8, 4) is 0 Å². The van der Waals surface area contributed by atoms with Gasteiger partial charge in [-0.1, -0.05) is 26.0 Å². The molecule has 4 heteroatoms. The number of nitrogens with one attached hydrogen (secondary N) is 1. The molecule has 0 spiro atoms. The van der Waals surface area contributed by atoms with Crippen LogP contribution in [0.15, 0.2) is 24.3 Å². The smallest absolute Gasteiger partial charge is 0.221 e. The monoisotopic (exact) mass is 296 g/mol. The topological polar surface area (TPSA) is 32.3 Å². The van der Waals surface area contributed by atoms with Gasteiger partial charge >= 0.3 is 0 Å². The molecule has 0 fully saturated rings.